The van der Waals surface area contributed by atoms with Crippen molar-refractivity contribution in [2.75, 3.05) is 0 Å². The van der Waals surface area contributed by atoms with Crippen LogP contribution in [0.15, 0.2) is 60.7 Å². The number of carbonyl (C=O) groups excluding carboxylic acids is 3. The first-order valence-corrected chi connectivity index (χ1v) is 11.4. The van der Waals surface area contributed by atoms with E-state index in [9.17, 15) is 29.7 Å². The molecule has 0 aliphatic heterocycles. The number of ketones is 3. The van der Waals surface area contributed by atoms with E-state index >= 15 is 0 Å². The normalized spacial score (nSPS) is 23.3. The smallest absolute Gasteiger partial charge is 0.190 e. The van der Waals surface area contributed by atoms with E-state index < -0.39 is 11.3 Å². The Balaban J connectivity index is 1.76. The number of hydrogen-bond acceptors (Lipinski definition) is 6. The number of phenolic OH excluding ortho intramolecular Hbond substituents is 3. The lowest BCUT2D eigenvalue weighted by Gasteiger charge is -2.44. The molecule has 6 nitrogen and oxygen atoms in total. The molecule has 0 aromatic heterocycles. The summed E-state index contributed by atoms with van der Waals surface area (Å²) in [5, 5.41) is 32.2. The van der Waals surface area contributed by atoms with Crippen molar-refractivity contribution in [1.29, 1.82) is 0 Å². The first kappa shape index (κ1) is 20.0. The van der Waals surface area contributed by atoms with Crippen LogP contribution in [-0.2, 0) is 5.41 Å². The highest BCUT2D eigenvalue weighted by Gasteiger charge is 2.59. The molecule has 2 atom stereocenters. The molecule has 6 heteroatoms. The molecule has 4 aliphatic rings. The van der Waals surface area contributed by atoms with E-state index in [2.05, 4.69) is 0 Å². The van der Waals surface area contributed by atoms with Crippen LogP contribution in [-0.4, -0.2) is 32.7 Å². The van der Waals surface area contributed by atoms with Crippen molar-refractivity contribution in [2.45, 2.75) is 18.3 Å². The zero-order valence-corrected chi connectivity index (χ0v) is 18.3. The van der Waals surface area contributed by atoms with Gasteiger partial charge in [0.05, 0.1) is 22.1 Å². The molecule has 1 spiro atoms. The third-order valence-corrected chi connectivity index (χ3v) is 8.00. The fraction of sp³-hybridized carbons (Fsp3) is 0.138. The number of carbonyl (C=O) groups is 3. The number of phenols is 3. The fourth-order valence-electron chi connectivity index (χ4n) is 6.85. The van der Waals surface area contributed by atoms with Gasteiger partial charge in [0.1, 0.15) is 17.2 Å². The van der Waals surface area contributed by atoms with Crippen LogP contribution in [0.3, 0.4) is 0 Å². The number of benzene rings is 3. The van der Waals surface area contributed by atoms with Gasteiger partial charge in [0.2, 0.25) is 0 Å². The molecule has 0 radical (unpaired) electrons. The monoisotopic (exact) mass is 462 g/mol. The minimum absolute atomic E-state index is 0.00446. The van der Waals surface area contributed by atoms with E-state index in [0.717, 1.165) is 0 Å². The Labute approximate surface area is 199 Å². The molecule has 35 heavy (non-hydrogen) atoms. The van der Waals surface area contributed by atoms with E-state index in [-0.39, 0.29) is 64.1 Å². The van der Waals surface area contributed by atoms with Crippen LogP contribution in [0, 0.1) is 5.92 Å². The van der Waals surface area contributed by atoms with Crippen LogP contribution in [0.1, 0.15) is 66.2 Å². The summed E-state index contributed by atoms with van der Waals surface area (Å²) < 4.78 is 0. The molecule has 0 unspecified atom stereocenters. The maximum Gasteiger partial charge on any atom is 0.190 e. The largest absolute Gasteiger partial charge is 0.507 e. The second-order valence-corrected chi connectivity index (χ2v) is 9.53. The number of aromatic hydroxyl groups is 3. The second kappa shape index (κ2) is 6.36. The van der Waals surface area contributed by atoms with Crippen molar-refractivity contribution in [3.63, 3.8) is 0 Å². The summed E-state index contributed by atoms with van der Waals surface area (Å²) in [5.74, 6) is -1.80. The highest BCUT2D eigenvalue weighted by Crippen LogP contribution is 2.66. The van der Waals surface area contributed by atoms with Gasteiger partial charge in [-0.1, -0.05) is 36.4 Å². The minimum atomic E-state index is -1.04. The van der Waals surface area contributed by atoms with Crippen molar-refractivity contribution in [3.05, 3.63) is 99.6 Å². The van der Waals surface area contributed by atoms with Gasteiger partial charge in [-0.25, -0.2) is 0 Å². The van der Waals surface area contributed by atoms with Gasteiger partial charge in [-0.3, -0.25) is 14.4 Å². The van der Waals surface area contributed by atoms with Gasteiger partial charge >= 0.3 is 0 Å². The summed E-state index contributed by atoms with van der Waals surface area (Å²) in [6.45, 7) is 0. The molecular formula is C29H18O6. The van der Waals surface area contributed by atoms with Gasteiger partial charge < -0.3 is 15.3 Å². The second-order valence-electron chi connectivity index (χ2n) is 9.53. The SMILES string of the molecule is O=C1C[C@@H]2CC(=O)c3c(O)cccc3[C@@]23C(=C2C=CC(=O)c4c(O)ccc3c42)c2cccc(O)c21. The molecule has 0 saturated heterocycles. The van der Waals surface area contributed by atoms with E-state index in [4.69, 9.17) is 0 Å². The number of allylic oxidation sites excluding steroid dienone is 4. The van der Waals surface area contributed by atoms with Gasteiger partial charge in [-0.2, -0.15) is 0 Å². The van der Waals surface area contributed by atoms with E-state index in [1.807, 2.05) is 0 Å². The van der Waals surface area contributed by atoms with Crippen LogP contribution in [0.4, 0.5) is 0 Å². The highest BCUT2D eigenvalue weighted by atomic mass is 16.3. The lowest BCUT2D eigenvalue weighted by molar-refractivity contribution is 0.0883. The number of hydrogen-bond donors (Lipinski definition) is 3. The standard InChI is InChI=1S/C29H18O6/c30-18-5-1-3-14-25(18)22(34)11-13-12-23(35)26-16(4-2-6-19(26)31)29(13)17-8-10-21(33)27-20(32)9-7-15(24(17)27)28(14)29/h1-10,13,30-31,33H,11-12H2/t13-,29+/m1/s1. The predicted octanol–water partition coefficient (Wildman–Crippen LogP) is 4.56. The van der Waals surface area contributed by atoms with Crippen LogP contribution in [0.25, 0.3) is 11.1 Å². The molecule has 7 rings (SSSR count). The van der Waals surface area contributed by atoms with Crippen LogP contribution in [0.2, 0.25) is 0 Å². The molecule has 170 valence electrons. The van der Waals surface area contributed by atoms with Gasteiger partial charge in [0, 0.05) is 18.4 Å². The van der Waals surface area contributed by atoms with E-state index in [1.165, 1.54) is 24.3 Å². The first-order valence-electron chi connectivity index (χ1n) is 11.4. The summed E-state index contributed by atoms with van der Waals surface area (Å²) in [7, 11) is 0. The van der Waals surface area contributed by atoms with Crippen LogP contribution >= 0.6 is 0 Å². The topological polar surface area (TPSA) is 112 Å². The predicted molar refractivity (Wildman–Crippen MR) is 127 cm³/mol. The zero-order chi connectivity index (χ0) is 24.2. The number of rotatable bonds is 0. The third kappa shape index (κ3) is 2.17. The molecule has 0 saturated carbocycles. The molecule has 3 N–H and O–H groups in total. The number of Topliss-reactive ketones (excluding diaryl/α,β-unsaturated/α-hetero) is 2. The summed E-state index contributed by atoms with van der Waals surface area (Å²) in [6, 6.07) is 13.1. The van der Waals surface area contributed by atoms with Gasteiger partial charge in [-0.05, 0) is 58.0 Å². The summed E-state index contributed by atoms with van der Waals surface area (Å²) in [5.41, 5.74) is 3.26. The Hall–Kier alpha value is -4.45. The van der Waals surface area contributed by atoms with Crippen molar-refractivity contribution < 1.29 is 29.7 Å². The van der Waals surface area contributed by atoms with Crippen LogP contribution in [0.5, 0.6) is 17.2 Å². The molecular weight excluding hydrogens is 444 g/mol. The molecule has 0 bridgehead atoms. The maximum absolute atomic E-state index is 13.5. The van der Waals surface area contributed by atoms with Gasteiger partial charge in [-0.15, -0.1) is 0 Å². The Morgan fingerprint density at radius 2 is 1.29 bits per heavy atom. The average Bonchev–Trinajstić information content (AvgIpc) is 3.05. The lowest BCUT2D eigenvalue weighted by atomic mass is 9.56. The molecule has 4 aliphatic carbocycles. The van der Waals surface area contributed by atoms with Gasteiger partial charge in [0.15, 0.2) is 17.3 Å². The molecule has 0 heterocycles. The van der Waals surface area contributed by atoms with Crippen molar-refractivity contribution in [3.8, 4) is 17.2 Å². The van der Waals surface area contributed by atoms with E-state index in [1.54, 1.807) is 36.4 Å². The Kier molecular flexibility index (Phi) is 3.63. The zero-order valence-electron chi connectivity index (χ0n) is 18.3. The summed E-state index contributed by atoms with van der Waals surface area (Å²) in [4.78, 5) is 39.8. The van der Waals surface area contributed by atoms with Crippen molar-refractivity contribution in [1.82, 2.24) is 0 Å². The van der Waals surface area contributed by atoms with Crippen molar-refractivity contribution >= 4 is 28.5 Å². The summed E-state index contributed by atoms with van der Waals surface area (Å²) in [6.07, 6.45) is 3.09. The quantitative estimate of drug-likeness (QED) is 0.452. The maximum atomic E-state index is 13.5. The Morgan fingerprint density at radius 1 is 0.657 bits per heavy atom. The molecule has 0 amide bonds. The first-order chi connectivity index (χ1) is 16.9. The Morgan fingerprint density at radius 3 is 2.06 bits per heavy atom. The van der Waals surface area contributed by atoms with E-state index in [0.29, 0.717) is 33.4 Å². The highest BCUT2D eigenvalue weighted by molar-refractivity contribution is 6.23. The number of fused-ring (bicyclic) bond motifs is 3. The minimum Gasteiger partial charge on any atom is -0.507 e. The third-order valence-electron chi connectivity index (χ3n) is 8.00. The molecule has 0 fully saturated rings. The van der Waals surface area contributed by atoms with Gasteiger partial charge in [0.25, 0.3) is 0 Å². The Bertz CT molecular complexity index is 1640. The lowest BCUT2D eigenvalue weighted by Crippen LogP contribution is -2.42. The summed E-state index contributed by atoms with van der Waals surface area (Å²) >= 11 is 0. The average molecular weight is 462 g/mol. The fourth-order valence-corrected chi connectivity index (χ4v) is 6.85. The molecule has 3 aromatic carbocycles. The van der Waals surface area contributed by atoms with Crippen LogP contribution < -0.4 is 0 Å². The van der Waals surface area contributed by atoms with Crippen molar-refractivity contribution in [2.24, 2.45) is 5.92 Å². The molecule has 3 aromatic rings.